The lowest BCUT2D eigenvalue weighted by Crippen LogP contribution is -2.23. The monoisotopic (exact) mass is 286 g/mol. The van der Waals surface area contributed by atoms with Gasteiger partial charge >= 0.3 is 0 Å². The van der Waals surface area contributed by atoms with Crippen LogP contribution < -0.4 is 5.32 Å². The first kappa shape index (κ1) is 15.8. The Balaban J connectivity index is 2.19. The Hall–Kier alpha value is -1.30. The summed E-state index contributed by atoms with van der Waals surface area (Å²) in [4.78, 5) is 11.7. The van der Waals surface area contributed by atoms with Crippen molar-refractivity contribution in [3.8, 4) is 11.8 Å². The Morgan fingerprint density at radius 3 is 2.68 bits per heavy atom. The van der Waals surface area contributed by atoms with Gasteiger partial charge in [0.25, 0.3) is 0 Å². The number of aromatic nitrogens is 1. The van der Waals surface area contributed by atoms with Crippen LogP contribution >= 0.6 is 12.6 Å². The Morgan fingerprint density at radius 2 is 2.11 bits per heavy atom. The van der Waals surface area contributed by atoms with Gasteiger partial charge in [0.2, 0.25) is 11.8 Å². The highest BCUT2D eigenvalue weighted by atomic mass is 32.1. The van der Waals surface area contributed by atoms with Gasteiger partial charge in [-0.3, -0.25) is 9.36 Å². The third-order valence-electron chi connectivity index (χ3n) is 2.88. The van der Waals surface area contributed by atoms with Crippen molar-refractivity contribution in [3.05, 3.63) is 6.07 Å². The van der Waals surface area contributed by atoms with Crippen LogP contribution in [0.5, 0.6) is 11.8 Å². The second-order valence-corrected chi connectivity index (χ2v) is 5.01. The fourth-order valence-corrected chi connectivity index (χ4v) is 2.05. The van der Waals surface area contributed by atoms with E-state index in [-0.39, 0.29) is 17.7 Å². The number of thiol groups is 1. The summed E-state index contributed by atoms with van der Waals surface area (Å²) in [5.74, 6) is 0.0934. The van der Waals surface area contributed by atoms with Gasteiger partial charge in [-0.1, -0.05) is 13.3 Å². The van der Waals surface area contributed by atoms with Crippen molar-refractivity contribution in [3.63, 3.8) is 0 Å². The van der Waals surface area contributed by atoms with Crippen LogP contribution in [0.4, 0.5) is 0 Å². The molecule has 0 aromatic carbocycles. The number of amides is 1. The summed E-state index contributed by atoms with van der Waals surface area (Å²) >= 11 is 4.03. The number of carbonyl (C=O) groups is 1. The number of unbranched alkanes of at least 4 members (excludes halogenated alkanes) is 2. The molecule has 108 valence electrons. The molecular formula is C13H22N2O3S. The van der Waals surface area contributed by atoms with Crippen LogP contribution in [0.1, 0.15) is 39.0 Å². The lowest BCUT2D eigenvalue weighted by atomic mass is 10.2. The van der Waals surface area contributed by atoms with Gasteiger partial charge in [-0.05, 0) is 19.3 Å². The van der Waals surface area contributed by atoms with E-state index in [1.54, 1.807) is 0 Å². The second kappa shape index (κ2) is 7.99. The zero-order chi connectivity index (χ0) is 14.3. The van der Waals surface area contributed by atoms with E-state index < -0.39 is 0 Å². The Bertz CT molecular complexity index is 418. The lowest BCUT2D eigenvalue weighted by molar-refractivity contribution is -0.121. The van der Waals surface area contributed by atoms with Crippen LogP contribution in [0, 0.1) is 0 Å². The van der Waals surface area contributed by atoms with E-state index in [1.165, 1.54) is 10.6 Å². The van der Waals surface area contributed by atoms with Gasteiger partial charge in [0, 0.05) is 25.6 Å². The van der Waals surface area contributed by atoms with Crippen molar-refractivity contribution in [1.82, 2.24) is 9.88 Å². The Labute approximate surface area is 119 Å². The molecule has 6 heteroatoms. The molecule has 0 radical (unpaired) electrons. The SMILES string of the molecule is CCCNC(=O)CCCCCn1c(O)cc(S)c1O. The number of hydrogen-bond donors (Lipinski definition) is 4. The molecule has 0 spiro atoms. The number of nitrogens with zero attached hydrogens (tertiary/aromatic N) is 1. The molecule has 0 unspecified atom stereocenters. The first-order valence-corrected chi connectivity index (χ1v) is 7.08. The first-order chi connectivity index (χ1) is 9.06. The molecule has 1 heterocycles. The molecule has 0 aliphatic rings. The average molecular weight is 286 g/mol. The van der Waals surface area contributed by atoms with Gasteiger partial charge < -0.3 is 15.5 Å². The Morgan fingerprint density at radius 1 is 1.37 bits per heavy atom. The summed E-state index contributed by atoms with van der Waals surface area (Å²) < 4.78 is 1.42. The van der Waals surface area contributed by atoms with E-state index in [0.717, 1.165) is 32.2 Å². The smallest absolute Gasteiger partial charge is 0.219 e. The number of carbonyl (C=O) groups excluding carboxylic acids is 1. The zero-order valence-corrected chi connectivity index (χ0v) is 12.1. The molecule has 0 aliphatic heterocycles. The van der Waals surface area contributed by atoms with E-state index in [4.69, 9.17) is 0 Å². The molecule has 0 saturated carbocycles. The molecule has 19 heavy (non-hydrogen) atoms. The Kier molecular flexibility index (Phi) is 6.62. The first-order valence-electron chi connectivity index (χ1n) is 6.63. The van der Waals surface area contributed by atoms with E-state index >= 15 is 0 Å². The zero-order valence-electron chi connectivity index (χ0n) is 11.2. The lowest BCUT2D eigenvalue weighted by Gasteiger charge is -2.07. The van der Waals surface area contributed by atoms with Gasteiger partial charge in [0.05, 0.1) is 4.90 Å². The van der Waals surface area contributed by atoms with Crippen LogP contribution in [0.25, 0.3) is 0 Å². The van der Waals surface area contributed by atoms with Crippen molar-refractivity contribution in [2.75, 3.05) is 6.54 Å². The fourth-order valence-electron chi connectivity index (χ4n) is 1.82. The molecule has 0 saturated heterocycles. The van der Waals surface area contributed by atoms with Crippen LogP contribution in [-0.2, 0) is 11.3 Å². The second-order valence-electron chi connectivity index (χ2n) is 4.52. The van der Waals surface area contributed by atoms with Crippen LogP contribution in [0.2, 0.25) is 0 Å². The van der Waals surface area contributed by atoms with Crippen LogP contribution in [-0.4, -0.2) is 27.2 Å². The van der Waals surface area contributed by atoms with Crippen LogP contribution in [0.15, 0.2) is 11.0 Å². The molecule has 5 nitrogen and oxygen atoms in total. The van der Waals surface area contributed by atoms with Crippen molar-refractivity contribution in [2.24, 2.45) is 0 Å². The molecule has 1 rings (SSSR count). The minimum Gasteiger partial charge on any atom is -0.494 e. The summed E-state index contributed by atoms with van der Waals surface area (Å²) in [5, 5.41) is 22.0. The van der Waals surface area contributed by atoms with Crippen molar-refractivity contribution in [2.45, 2.75) is 50.5 Å². The number of rotatable bonds is 8. The standard InChI is InChI=1S/C13H22N2O3S/c1-2-7-14-11(16)6-4-3-5-8-15-12(17)9-10(19)13(15)18/h9,17-19H,2-8H2,1H3,(H,14,16). The normalized spacial score (nSPS) is 10.6. The van der Waals surface area contributed by atoms with Crippen molar-refractivity contribution < 1.29 is 15.0 Å². The number of nitrogens with one attached hydrogen (secondary N) is 1. The third kappa shape index (κ3) is 5.06. The maximum absolute atomic E-state index is 11.3. The van der Waals surface area contributed by atoms with Gasteiger partial charge in [0.1, 0.15) is 0 Å². The predicted octanol–water partition coefficient (Wildman–Crippen LogP) is 2.27. The van der Waals surface area contributed by atoms with E-state index in [9.17, 15) is 15.0 Å². The molecule has 1 amide bonds. The van der Waals surface area contributed by atoms with Gasteiger partial charge in [-0.2, -0.15) is 0 Å². The number of hydrogen-bond acceptors (Lipinski definition) is 4. The van der Waals surface area contributed by atoms with Crippen molar-refractivity contribution in [1.29, 1.82) is 0 Å². The predicted molar refractivity (Wildman–Crippen MR) is 76.8 cm³/mol. The maximum Gasteiger partial charge on any atom is 0.219 e. The topological polar surface area (TPSA) is 74.5 Å². The summed E-state index contributed by atoms with van der Waals surface area (Å²) in [6.07, 6.45) is 3.96. The van der Waals surface area contributed by atoms with E-state index in [2.05, 4.69) is 17.9 Å². The van der Waals surface area contributed by atoms with Gasteiger partial charge in [0.15, 0.2) is 5.88 Å². The summed E-state index contributed by atoms with van der Waals surface area (Å²) in [5.41, 5.74) is 0. The molecule has 3 N–H and O–H groups in total. The molecular weight excluding hydrogens is 264 g/mol. The quantitative estimate of drug-likeness (QED) is 0.437. The largest absolute Gasteiger partial charge is 0.494 e. The maximum atomic E-state index is 11.3. The summed E-state index contributed by atoms with van der Waals surface area (Å²) in [6.45, 7) is 3.27. The highest BCUT2D eigenvalue weighted by Crippen LogP contribution is 2.30. The number of aromatic hydroxyl groups is 2. The molecule has 1 aromatic rings. The minimum absolute atomic E-state index is 0.0125. The minimum atomic E-state index is -0.0125. The molecule has 0 fully saturated rings. The van der Waals surface area contributed by atoms with Gasteiger partial charge in [-0.15, -0.1) is 12.6 Å². The van der Waals surface area contributed by atoms with E-state index in [0.29, 0.717) is 17.9 Å². The summed E-state index contributed by atoms with van der Waals surface area (Å²) in [7, 11) is 0. The molecule has 0 bridgehead atoms. The highest BCUT2D eigenvalue weighted by Gasteiger charge is 2.10. The molecule has 0 atom stereocenters. The molecule has 0 aliphatic carbocycles. The van der Waals surface area contributed by atoms with Crippen molar-refractivity contribution >= 4 is 18.5 Å². The summed E-state index contributed by atoms with van der Waals surface area (Å²) in [6, 6.07) is 1.41. The fraction of sp³-hybridized carbons (Fsp3) is 0.615. The highest BCUT2D eigenvalue weighted by molar-refractivity contribution is 7.80. The third-order valence-corrected chi connectivity index (χ3v) is 3.21. The van der Waals surface area contributed by atoms with Gasteiger partial charge in [-0.25, -0.2) is 0 Å². The van der Waals surface area contributed by atoms with Crippen LogP contribution in [0.3, 0.4) is 0 Å². The average Bonchev–Trinajstić information content (AvgIpc) is 2.62. The van der Waals surface area contributed by atoms with E-state index in [1.807, 2.05) is 6.92 Å². The molecule has 1 aromatic heterocycles.